The molecule has 0 spiro atoms. The molecule has 3 rings (SSSR count). The summed E-state index contributed by atoms with van der Waals surface area (Å²) in [6.07, 6.45) is 1.33. The van der Waals surface area contributed by atoms with Crippen LogP contribution in [0.5, 0.6) is 5.75 Å². The number of benzene rings is 2. The molecule has 6 heteroatoms. The molecule has 0 N–H and O–H groups in total. The Labute approximate surface area is 167 Å². The number of carbonyl (C=O) groups excluding carboxylic acids is 1. The van der Waals surface area contributed by atoms with Crippen LogP contribution in [-0.4, -0.2) is 44.2 Å². The zero-order chi connectivity index (χ0) is 19.3. The molecule has 2 aromatic carbocycles. The quantitative estimate of drug-likeness (QED) is 0.683. The second-order valence-electron chi connectivity index (χ2n) is 6.73. The largest absolute Gasteiger partial charge is 0.492 e. The van der Waals surface area contributed by atoms with E-state index in [9.17, 15) is 9.18 Å². The van der Waals surface area contributed by atoms with Crippen molar-refractivity contribution in [2.24, 2.45) is 0 Å². The summed E-state index contributed by atoms with van der Waals surface area (Å²) in [6.45, 7) is 1.94. The van der Waals surface area contributed by atoms with Gasteiger partial charge in [-0.3, -0.25) is 4.79 Å². The van der Waals surface area contributed by atoms with Gasteiger partial charge in [0.1, 0.15) is 18.2 Å². The fourth-order valence-electron chi connectivity index (χ4n) is 3.41. The van der Waals surface area contributed by atoms with Crippen molar-refractivity contribution in [2.75, 3.05) is 33.4 Å². The van der Waals surface area contributed by atoms with Gasteiger partial charge in [-0.1, -0.05) is 28.1 Å². The van der Waals surface area contributed by atoms with Crippen LogP contribution in [0.2, 0.25) is 0 Å². The average Bonchev–Trinajstić information content (AvgIpc) is 2.70. The smallest absolute Gasteiger partial charge is 0.233 e. The van der Waals surface area contributed by atoms with E-state index < -0.39 is 5.41 Å². The Kier molecular flexibility index (Phi) is 6.50. The number of hydrogen-bond donors (Lipinski definition) is 0. The monoisotopic (exact) mass is 435 g/mol. The molecule has 27 heavy (non-hydrogen) atoms. The molecule has 0 aliphatic carbocycles. The zero-order valence-electron chi connectivity index (χ0n) is 15.3. The van der Waals surface area contributed by atoms with Crippen molar-refractivity contribution in [1.82, 2.24) is 4.90 Å². The summed E-state index contributed by atoms with van der Waals surface area (Å²) in [7, 11) is 1.80. The van der Waals surface area contributed by atoms with Gasteiger partial charge < -0.3 is 14.4 Å². The van der Waals surface area contributed by atoms with Crippen LogP contribution >= 0.6 is 15.9 Å². The van der Waals surface area contributed by atoms with Crippen molar-refractivity contribution in [3.05, 3.63) is 64.4 Å². The third-order valence-electron chi connectivity index (χ3n) is 5.01. The van der Waals surface area contributed by atoms with Gasteiger partial charge in [-0.2, -0.15) is 0 Å². The lowest BCUT2D eigenvalue weighted by molar-refractivity contribution is -0.140. The van der Waals surface area contributed by atoms with E-state index in [1.54, 1.807) is 24.1 Å². The molecule has 1 aliphatic heterocycles. The molecule has 2 aromatic rings. The van der Waals surface area contributed by atoms with Crippen molar-refractivity contribution in [3.8, 4) is 5.75 Å². The van der Waals surface area contributed by atoms with E-state index in [4.69, 9.17) is 9.47 Å². The predicted molar refractivity (Wildman–Crippen MR) is 105 cm³/mol. The highest BCUT2D eigenvalue weighted by atomic mass is 79.9. The van der Waals surface area contributed by atoms with Gasteiger partial charge in [0.15, 0.2) is 0 Å². The van der Waals surface area contributed by atoms with Crippen LogP contribution in [0.15, 0.2) is 53.0 Å². The number of carbonyl (C=O) groups is 1. The average molecular weight is 436 g/mol. The lowest BCUT2D eigenvalue weighted by Crippen LogP contribution is -2.49. The fourth-order valence-corrected chi connectivity index (χ4v) is 3.68. The molecule has 1 heterocycles. The first-order chi connectivity index (χ1) is 13.0. The fraction of sp³-hybridized carbons (Fsp3) is 0.381. The first-order valence-corrected chi connectivity index (χ1v) is 9.78. The second kappa shape index (κ2) is 8.85. The van der Waals surface area contributed by atoms with E-state index in [1.807, 2.05) is 24.3 Å². The summed E-state index contributed by atoms with van der Waals surface area (Å²) in [4.78, 5) is 15.1. The number of nitrogens with zero attached hydrogens (tertiary/aromatic N) is 1. The van der Waals surface area contributed by atoms with E-state index in [-0.39, 0.29) is 11.7 Å². The van der Waals surface area contributed by atoms with Crippen LogP contribution in [0.4, 0.5) is 4.39 Å². The second-order valence-corrected chi connectivity index (χ2v) is 7.65. The van der Waals surface area contributed by atoms with Crippen LogP contribution in [0.1, 0.15) is 18.4 Å². The minimum Gasteiger partial charge on any atom is -0.492 e. The Morgan fingerprint density at radius 3 is 2.41 bits per heavy atom. The van der Waals surface area contributed by atoms with Gasteiger partial charge in [-0.15, -0.1) is 0 Å². The minimum atomic E-state index is -0.566. The van der Waals surface area contributed by atoms with E-state index in [1.165, 1.54) is 12.1 Å². The van der Waals surface area contributed by atoms with E-state index >= 15 is 0 Å². The molecular weight excluding hydrogens is 413 g/mol. The van der Waals surface area contributed by atoms with Crippen molar-refractivity contribution in [2.45, 2.75) is 18.3 Å². The third kappa shape index (κ3) is 4.68. The Hall–Kier alpha value is -1.92. The number of amides is 1. The minimum absolute atomic E-state index is 0.0795. The van der Waals surface area contributed by atoms with Gasteiger partial charge in [-0.05, 0) is 54.8 Å². The summed E-state index contributed by atoms with van der Waals surface area (Å²) in [5.41, 5.74) is 0.453. The van der Waals surface area contributed by atoms with Crippen LogP contribution in [0, 0.1) is 5.82 Å². The number of halogens is 2. The van der Waals surface area contributed by atoms with Gasteiger partial charge in [0.2, 0.25) is 5.91 Å². The Morgan fingerprint density at radius 2 is 1.78 bits per heavy atom. The van der Waals surface area contributed by atoms with Gasteiger partial charge in [0.05, 0.1) is 12.0 Å². The molecular formula is C21H23BrFNO3. The van der Waals surface area contributed by atoms with E-state index in [0.717, 1.165) is 10.0 Å². The Morgan fingerprint density at radius 1 is 1.15 bits per heavy atom. The molecule has 0 unspecified atom stereocenters. The predicted octanol–water partition coefficient (Wildman–Crippen LogP) is 4.17. The van der Waals surface area contributed by atoms with Crippen molar-refractivity contribution in [1.29, 1.82) is 0 Å². The van der Waals surface area contributed by atoms with Gasteiger partial charge >= 0.3 is 0 Å². The highest BCUT2D eigenvalue weighted by molar-refractivity contribution is 9.10. The zero-order valence-corrected chi connectivity index (χ0v) is 16.9. The molecule has 4 nitrogen and oxygen atoms in total. The summed E-state index contributed by atoms with van der Waals surface area (Å²) in [5.74, 6) is 0.368. The molecule has 0 saturated carbocycles. The maximum atomic E-state index is 13.3. The standard InChI is InChI=1S/C21H23BrFNO3/c1-24(12-15-27-19-8-6-18(23)7-9-19)20(25)21(10-13-26-14-11-21)16-2-4-17(22)5-3-16/h2-9H,10-15H2,1H3. The number of likely N-dealkylation sites (N-methyl/N-ethyl adjacent to an activating group) is 1. The SMILES string of the molecule is CN(CCOc1ccc(F)cc1)C(=O)C1(c2ccc(Br)cc2)CCOCC1. The van der Waals surface area contributed by atoms with Gasteiger partial charge in [0.25, 0.3) is 0 Å². The highest BCUT2D eigenvalue weighted by Crippen LogP contribution is 2.37. The van der Waals surface area contributed by atoms with Crippen LogP contribution < -0.4 is 4.74 Å². The van der Waals surface area contributed by atoms with Crippen molar-refractivity contribution < 1.29 is 18.7 Å². The summed E-state index contributed by atoms with van der Waals surface area (Å²) >= 11 is 3.45. The molecule has 1 saturated heterocycles. The molecule has 0 bridgehead atoms. The molecule has 0 atom stereocenters. The maximum absolute atomic E-state index is 13.3. The normalized spacial score (nSPS) is 16.0. The Bertz CT molecular complexity index is 758. The number of hydrogen-bond acceptors (Lipinski definition) is 3. The molecule has 1 amide bonds. The summed E-state index contributed by atoms with van der Waals surface area (Å²) < 4.78 is 25.1. The Balaban J connectivity index is 1.67. The first-order valence-electron chi connectivity index (χ1n) is 8.99. The summed E-state index contributed by atoms with van der Waals surface area (Å²) in [5, 5.41) is 0. The molecule has 1 aliphatic rings. The van der Waals surface area contributed by atoms with Gasteiger partial charge in [-0.25, -0.2) is 4.39 Å². The molecule has 144 valence electrons. The molecule has 0 aromatic heterocycles. The lowest BCUT2D eigenvalue weighted by Gasteiger charge is -2.39. The van der Waals surface area contributed by atoms with E-state index in [0.29, 0.717) is 45.0 Å². The number of rotatable bonds is 6. The maximum Gasteiger partial charge on any atom is 0.233 e. The topological polar surface area (TPSA) is 38.8 Å². The molecule has 1 fully saturated rings. The summed E-state index contributed by atoms with van der Waals surface area (Å²) in [6, 6.07) is 13.8. The van der Waals surface area contributed by atoms with Crippen molar-refractivity contribution in [3.63, 3.8) is 0 Å². The molecule has 0 radical (unpaired) electrons. The first kappa shape index (κ1) is 19.8. The van der Waals surface area contributed by atoms with Crippen LogP contribution in [0.25, 0.3) is 0 Å². The highest BCUT2D eigenvalue weighted by Gasteiger charge is 2.43. The van der Waals surface area contributed by atoms with E-state index in [2.05, 4.69) is 15.9 Å². The lowest BCUT2D eigenvalue weighted by atomic mass is 9.73. The third-order valence-corrected chi connectivity index (χ3v) is 5.54. The van der Waals surface area contributed by atoms with Crippen LogP contribution in [-0.2, 0) is 14.9 Å². The van der Waals surface area contributed by atoms with Crippen LogP contribution in [0.3, 0.4) is 0 Å². The number of ether oxygens (including phenoxy) is 2. The van der Waals surface area contributed by atoms with Crippen molar-refractivity contribution >= 4 is 21.8 Å². The van der Waals surface area contributed by atoms with Gasteiger partial charge in [0, 0.05) is 24.7 Å².